The molecule has 17 heavy (non-hydrogen) atoms. The summed E-state index contributed by atoms with van der Waals surface area (Å²) in [6.45, 7) is 9.47. The molecule has 3 nitrogen and oxygen atoms in total. The summed E-state index contributed by atoms with van der Waals surface area (Å²) in [6, 6.07) is 4.81. The third-order valence-corrected chi connectivity index (χ3v) is 2.64. The summed E-state index contributed by atoms with van der Waals surface area (Å²) in [5.41, 5.74) is 2.40. The molecule has 0 aliphatic rings. The lowest BCUT2D eigenvalue weighted by Crippen LogP contribution is -2.22. The van der Waals surface area contributed by atoms with Gasteiger partial charge in [-0.2, -0.15) is 0 Å². The third-order valence-electron chi connectivity index (χ3n) is 2.64. The molecule has 3 heteroatoms. The van der Waals surface area contributed by atoms with Gasteiger partial charge in [-0.25, -0.2) is 0 Å². The molecule has 0 fully saturated rings. The Bertz CT molecular complexity index is 306. The van der Waals surface area contributed by atoms with Gasteiger partial charge in [-0.15, -0.1) is 0 Å². The van der Waals surface area contributed by atoms with Crippen LogP contribution in [0, 0.1) is 0 Å². The van der Waals surface area contributed by atoms with Crippen LogP contribution >= 0.6 is 0 Å². The van der Waals surface area contributed by atoms with Crippen LogP contribution in [0.2, 0.25) is 0 Å². The SMILES string of the molecule is CCCN(C)Cc1ccc(CNC(C)C)cn1. The fourth-order valence-corrected chi connectivity index (χ4v) is 1.71. The Kier molecular flexibility index (Phi) is 6.16. The smallest absolute Gasteiger partial charge is 0.0544 e. The second-order valence-electron chi connectivity index (χ2n) is 4.93. The van der Waals surface area contributed by atoms with Crippen LogP contribution in [0.3, 0.4) is 0 Å². The highest BCUT2D eigenvalue weighted by Crippen LogP contribution is 2.03. The van der Waals surface area contributed by atoms with E-state index >= 15 is 0 Å². The molecule has 0 saturated carbocycles. The van der Waals surface area contributed by atoms with Gasteiger partial charge in [0.15, 0.2) is 0 Å². The van der Waals surface area contributed by atoms with Crippen molar-refractivity contribution in [2.24, 2.45) is 0 Å². The van der Waals surface area contributed by atoms with Crippen molar-refractivity contribution in [1.29, 1.82) is 0 Å². The molecule has 96 valence electrons. The molecule has 0 aliphatic heterocycles. The van der Waals surface area contributed by atoms with Crippen LogP contribution in [0.25, 0.3) is 0 Å². The van der Waals surface area contributed by atoms with E-state index in [4.69, 9.17) is 0 Å². The number of aromatic nitrogens is 1. The summed E-state index contributed by atoms with van der Waals surface area (Å²) < 4.78 is 0. The summed E-state index contributed by atoms with van der Waals surface area (Å²) >= 11 is 0. The Labute approximate surface area is 105 Å². The predicted molar refractivity (Wildman–Crippen MR) is 72.8 cm³/mol. The minimum atomic E-state index is 0.519. The fourth-order valence-electron chi connectivity index (χ4n) is 1.71. The van der Waals surface area contributed by atoms with Crippen molar-refractivity contribution in [3.8, 4) is 0 Å². The van der Waals surface area contributed by atoms with E-state index in [1.165, 1.54) is 12.0 Å². The molecule has 0 bridgehead atoms. The van der Waals surface area contributed by atoms with E-state index in [9.17, 15) is 0 Å². The summed E-state index contributed by atoms with van der Waals surface area (Å²) in [7, 11) is 2.14. The zero-order valence-electron chi connectivity index (χ0n) is 11.5. The third kappa shape index (κ3) is 5.80. The lowest BCUT2D eigenvalue weighted by molar-refractivity contribution is 0.323. The first kappa shape index (κ1) is 14.1. The Morgan fingerprint density at radius 2 is 2.12 bits per heavy atom. The van der Waals surface area contributed by atoms with Gasteiger partial charge in [-0.3, -0.25) is 4.98 Å². The van der Waals surface area contributed by atoms with Crippen LogP contribution in [0.4, 0.5) is 0 Å². The van der Waals surface area contributed by atoms with Gasteiger partial charge in [0.2, 0.25) is 0 Å². The number of rotatable bonds is 7. The van der Waals surface area contributed by atoms with E-state index in [2.05, 4.69) is 55.2 Å². The second kappa shape index (κ2) is 7.41. The lowest BCUT2D eigenvalue weighted by atomic mass is 10.2. The monoisotopic (exact) mass is 235 g/mol. The average molecular weight is 235 g/mol. The zero-order valence-corrected chi connectivity index (χ0v) is 11.5. The Hall–Kier alpha value is -0.930. The molecular formula is C14H25N3. The predicted octanol–water partition coefficient (Wildman–Crippen LogP) is 2.42. The van der Waals surface area contributed by atoms with E-state index in [1.54, 1.807) is 0 Å². The van der Waals surface area contributed by atoms with Gasteiger partial charge >= 0.3 is 0 Å². The van der Waals surface area contributed by atoms with E-state index in [0.717, 1.165) is 25.3 Å². The number of nitrogens with zero attached hydrogens (tertiary/aromatic N) is 2. The zero-order chi connectivity index (χ0) is 12.7. The number of hydrogen-bond acceptors (Lipinski definition) is 3. The van der Waals surface area contributed by atoms with Crippen molar-refractivity contribution >= 4 is 0 Å². The van der Waals surface area contributed by atoms with Gasteiger partial charge in [0.1, 0.15) is 0 Å². The van der Waals surface area contributed by atoms with Gasteiger partial charge in [0.25, 0.3) is 0 Å². The fraction of sp³-hybridized carbons (Fsp3) is 0.643. The maximum atomic E-state index is 4.50. The lowest BCUT2D eigenvalue weighted by Gasteiger charge is -2.15. The highest BCUT2D eigenvalue weighted by molar-refractivity contribution is 5.14. The largest absolute Gasteiger partial charge is 0.310 e. The molecule has 0 radical (unpaired) electrons. The van der Waals surface area contributed by atoms with Gasteiger partial charge in [-0.05, 0) is 31.6 Å². The standard InChI is InChI=1S/C14H25N3/c1-5-8-17(4)11-14-7-6-13(10-16-14)9-15-12(2)3/h6-7,10,12,15H,5,8-9,11H2,1-4H3. The van der Waals surface area contributed by atoms with Crippen molar-refractivity contribution < 1.29 is 0 Å². The van der Waals surface area contributed by atoms with Crippen molar-refractivity contribution in [2.45, 2.75) is 46.3 Å². The summed E-state index contributed by atoms with van der Waals surface area (Å²) in [5, 5.41) is 3.39. The molecule has 0 saturated heterocycles. The molecular weight excluding hydrogens is 210 g/mol. The van der Waals surface area contributed by atoms with E-state index in [0.29, 0.717) is 6.04 Å². The number of pyridine rings is 1. The second-order valence-corrected chi connectivity index (χ2v) is 4.93. The molecule has 1 aromatic rings. The quantitative estimate of drug-likeness (QED) is 0.786. The molecule has 1 N–H and O–H groups in total. The first-order chi connectivity index (χ1) is 8.11. The molecule has 1 aromatic heterocycles. The first-order valence-corrected chi connectivity index (χ1v) is 6.47. The van der Waals surface area contributed by atoms with Crippen molar-refractivity contribution in [3.05, 3.63) is 29.6 Å². The van der Waals surface area contributed by atoms with Gasteiger partial charge in [0.05, 0.1) is 5.69 Å². The summed E-state index contributed by atoms with van der Waals surface area (Å²) in [5.74, 6) is 0. The highest BCUT2D eigenvalue weighted by atomic mass is 15.1. The van der Waals surface area contributed by atoms with E-state index < -0.39 is 0 Å². The average Bonchev–Trinajstić information content (AvgIpc) is 2.28. The Morgan fingerprint density at radius 3 is 2.65 bits per heavy atom. The minimum Gasteiger partial charge on any atom is -0.310 e. The van der Waals surface area contributed by atoms with Gasteiger partial charge in [-0.1, -0.05) is 26.8 Å². The number of nitrogens with one attached hydrogen (secondary N) is 1. The van der Waals surface area contributed by atoms with Gasteiger partial charge < -0.3 is 10.2 Å². The van der Waals surface area contributed by atoms with E-state index in [1.807, 2.05) is 6.20 Å². The molecule has 0 aromatic carbocycles. The maximum Gasteiger partial charge on any atom is 0.0544 e. The molecule has 0 spiro atoms. The van der Waals surface area contributed by atoms with Crippen LogP contribution in [-0.4, -0.2) is 29.5 Å². The normalized spacial score (nSPS) is 11.4. The van der Waals surface area contributed by atoms with Crippen molar-refractivity contribution in [1.82, 2.24) is 15.2 Å². The maximum absolute atomic E-state index is 4.50. The topological polar surface area (TPSA) is 28.2 Å². The van der Waals surface area contributed by atoms with Crippen LogP contribution < -0.4 is 5.32 Å². The molecule has 1 heterocycles. The summed E-state index contributed by atoms with van der Waals surface area (Å²) in [6.07, 6.45) is 3.16. The van der Waals surface area contributed by atoms with Gasteiger partial charge in [0, 0.05) is 25.3 Å². The Balaban J connectivity index is 2.44. The van der Waals surface area contributed by atoms with Crippen LogP contribution in [0.1, 0.15) is 38.4 Å². The number of hydrogen-bond donors (Lipinski definition) is 1. The molecule has 1 rings (SSSR count). The molecule has 0 amide bonds. The Morgan fingerprint density at radius 1 is 1.35 bits per heavy atom. The van der Waals surface area contributed by atoms with E-state index in [-0.39, 0.29) is 0 Å². The van der Waals surface area contributed by atoms with Crippen LogP contribution in [0.5, 0.6) is 0 Å². The highest BCUT2D eigenvalue weighted by Gasteiger charge is 2.01. The molecule has 0 unspecified atom stereocenters. The first-order valence-electron chi connectivity index (χ1n) is 6.47. The van der Waals surface area contributed by atoms with Crippen LogP contribution in [0.15, 0.2) is 18.3 Å². The summed E-state index contributed by atoms with van der Waals surface area (Å²) in [4.78, 5) is 6.80. The van der Waals surface area contributed by atoms with Crippen LogP contribution in [-0.2, 0) is 13.1 Å². The molecule has 0 atom stereocenters. The minimum absolute atomic E-state index is 0.519. The molecule has 0 aliphatic carbocycles. The van der Waals surface area contributed by atoms with Crippen molar-refractivity contribution in [3.63, 3.8) is 0 Å². The van der Waals surface area contributed by atoms with Crippen molar-refractivity contribution in [2.75, 3.05) is 13.6 Å².